The van der Waals surface area contributed by atoms with E-state index in [-0.39, 0.29) is 9.79 Å². The molecule has 154 valence electrons. The van der Waals surface area contributed by atoms with Gasteiger partial charge >= 0.3 is 0 Å². The maximum Gasteiger partial charge on any atom is 0.263 e. The summed E-state index contributed by atoms with van der Waals surface area (Å²) in [6, 6.07) is 18.1. The van der Waals surface area contributed by atoms with Crippen molar-refractivity contribution in [2.45, 2.75) is 9.79 Å². The predicted octanol–water partition coefficient (Wildman–Crippen LogP) is 4.20. The minimum Gasteiger partial charge on any atom is -0.280 e. The van der Waals surface area contributed by atoms with Crippen molar-refractivity contribution >= 4 is 52.4 Å². The summed E-state index contributed by atoms with van der Waals surface area (Å²) in [6.07, 6.45) is 0.976. The third-order valence-corrected chi connectivity index (χ3v) is 7.72. The molecule has 1 aromatic heterocycles. The standard InChI is InChI=1S/C20H16BrN3O4S2/c1-29(25,26)18-4-2-3-5-19(18)30(27,28)24-15-10-11-17-16(12-15)20(23-22-17)13-6-8-14(21)9-7-13/h2-12,24H,1H3,(H,22,23). The minimum absolute atomic E-state index is 0.252. The largest absolute Gasteiger partial charge is 0.280 e. The van der Waals surface area contributed by atoms with Crippen LogP contribution in [0.5, 0.6) is 0 Å². The number of aromatic amines is 1. The summed E-state index contributed by atoms with van der Waals surface area (Å²) in [5.41, 5.74) is 2.58. The maximum atomic E-state index is 12.9. The second kappa shape index (κ2) is 7.53. The fraction of sp³-hybridized carbons (Fsp3) is 0.0500. The molecule has 30 heavy (non-hydrogen) atoms. The highest BCUT2D eigenvalue weighted by Crippen LogP contribution is 2.30. The molecular weight excluding hydrogens is 490 g/mol. The van der Waals surface area contributed by atoms with E-state index < -0.39 is 19.9 Å². The van der Waals surface area contributed by atoms with E-state index in [1.165, 1.54) is 24.3 Å². The van der Waals surface area contributed by atoms with Gasteiger partial charge in [0.25, 0.3) is 10.0 Å². The minimum atomic E-state index is -4.13. The van der Waals surface area contributed by atoms with Crippen LogP contribution in [0.4, 0.5) is 5.69 Å². The molecular formula is C20H16BrN3O4S2. The van der Waals surface area contributed by atoms with Crippen molar-refractivity contribution in [3.8, 4) is 11.3 Å². The normalized spacial score (nSPS) is 12.2. The number of halogens is 1. The summed E-state index contributed by atoms with van der Waals surface area (Å²) >= 11 is 3.40. The van der Waals surface area contributed by atoms with Gasteiger partial charge in [0.05, 0.1) is 16.1 Å². The Morgan fingerprint density at radius 3 is 2.23 bits per heavy atom. The molecule has 0 aliphatic heterocycles. The third kappa shape index (κ3) is 3.98. The zero-order chi connectivity index (χ0) is 21.5. The number of H-pyrrole nitrogens is 1. The molecule has 0 atom stereocenters. The molecule has 0 radical (unpaired) electrons. The van der Waals surface area contributed by atoms with Crippen LogP contribution in [-0.4, -0.2) is 33.3 Å². The van der Waals surface area contributed by atoms with Crippen molar-refractivity contribution in [3.05, 3.63) is 71.2 Å². The molecule has 1 heterocycles. The first-order valence-corrected chi connectivity index (χ1v) is 12.9. The monoisotopic (exact) mass is 505 g/mol. The average molecular weight is 506 g/mol. The summed E-state index contributed by atoms with van der Waals surface area (Å²) in [7, 11) is -7.85. The lowest BCUT2D eigenvalue weighted by Gasteiger charge is -2.11. The van der Waals surface area contributed by atoms with E-state index in [1.54, 1.807) is 18.2 Å². The molecule has 10 heteroatoms. The number of fused-ring (bicyclic) bond motifs is 1. The van der Waals surface area contributed by atoms with E-state index in [0.717, 1.165) is 27.2 Å². The van der Waals surface area contributed by atoms with Crippen molar-refractivity contribution in [2.24, 2.45) is 0 Å². The van der Waals surface area contributed by atoms with E-state index in [4.69, 9.17) is 0 Å². The fourth-order valence-electron chi connectivity index (χ4n) is 3.09. The van der Waals surface area contributed by atoms with Crippen LogP contribution in [0, 0.1) is 0 Å². The van der Waals surface area contributed by atoms with Crippen molar-refractivity contribution in [1.29, 1.82) is 0 Å². The first-order chi connectivity index (χ1) is 14.1. The molecule has 0 unspecified atom stereocenters. The van der Waals surface area contributed by atoms with Crippen LogP contribution in [0.1, 0.15) is 0 Å². The van der Waals surface area contributed by atoms with Crippen molar-refractivity contribution in [1.82, 2.24) is 10.2 Å². The van der Waals surface area contributed by atoms with Gasteiger partial charge in [-0.3, -0.25) is 9.82 Å². The SMILES string of the molecule is CS(=O)(=O)c1ccccc1S(=O)(=O)Nc1ccc2[nH]nc(-c3ccc(Br)cc3)c2c1. The predicted molar refractivity (Wildman–Crippen MR) is 120 cm³/mol. The van der Waals surface area contributed by atoms with Gasteiger partial charge in [-0.25, -0.2) is 16.8 Å². The van der Waals surface area contributed by atoms with E-state index in [9.17, 15) is 16.8 Å². The molecule has 2 N–H and O–H groups in total. The highest BCUT2D eigenvalue weighted by Gasteiger charge is 2.24. The lowest BCUT2D eigenvalue weighted by atomic mass is 10.1. The Morgan fingerprint density at radius 2 is 1.57 bits per heavy atom. The molecule has 0 amide bonds. The zero-order valence-corrected chi connectivity index (χ0v) is 18.8. The van der Waals surface area contributed by atoms with Crippen LogP contribution < -0.4 is 4.72 Å². The van der Waals surface area contributed by atoms with Crippen LogP contribution in [0.3, 0.4) is 0 Å². The zero-order valence-electron chi connectivity index (χ0n) is 15.6. The van der Waals surface area contributed by atoms with Crippen molar-refractivity contribution < 1.29 is 16.8 Å². The summed E-state index contributed by atoms with van der Waals surface area (Å²) in [6.45, 7) is 0. The first-order valence-electron chi connectivity index (χ1n) is 8.71. The lowest BCUT2D eigenvalue weighted by molar-refractivity contribution is 0.588. The fourth-order valence-corrected chi connectivity index (χ4v) is 6.04. The molecule has 0 saturated carbocycles. The number of hydrogen-bond donors (Lipinski definition) is 2. The summed E-state index contributed by atoms with van der Waals surface area (Å²) in [4.78, 5) is -0.551. The van der Waals surface area contributed by atoms with Gasteiger partial charge in [-0.1, -0.05) is 40.2 Å². The number of sulfonamides is 1. The Hall–Kier alpha value is -2.69. The second-order valence-electron chi connectivity index (χ2n) is 6.66. The number of nitrogens with zero attached hydrogens (tertiary/aromatic N) is 1. The molecule has 3 aromatic carbocycles. The summed E-state index contributed by atoms with van der Waals surface area (Å²) < 4.78 is 53.3. The smallest absolute Gasteiger partial charge is 0.263 e. The third-order valence-electron chi connectivity index (χ3n) is 4.47. The van der Waals surface area contributed by atoms with Crippen molar-refractivity contribution in [3.63, 3.8) is 0 Å². The number of nitrogens with one attached hydrogen (secondary N) is 2. The van der Waals surface area contributed by atoms with E-state index in [0.29, 0.717) is 11.4 Å². The van der Waals surface area contributed by atoms with Crippen LogP contribution in [0.2, 0.25) is 0 Å². The number of rotatable bonds is 5. The molecule has 7 nitrogen and oxygen atoms in total. The quantitative estimate of drug-likeness (QED) is 0.422. The van der Waals surface area contributed by atoms with Gasteiger partial charge in [0.2, 0.25) is 0 Å². The number of anilines is 1. The van der Waals surface area contributed by atoms with Crippen LogP contribution in [-0.2, 0) is 19.9 Å². The van der Waals surface area contributed by atoms with Gasteiger partial charge in [0, 0.05) is 27.4 Å². The van der Waals surface area contributed by atoms with E-state index >= 15 is 0 Å². The second-order valence-corrected chi connectivity index (χ2v) is 11.2. The number of sulfone groups is 1. The van der Waals surface area contributed by atoms with Gasteiger partial charge in [-0.05, 0) is 42.5 Å². The van der Waals surface area contributed by atoms with Gasteiger partial charge < -0.3 is 0 Å². The number of aromatic nitrogens is 2. The molecule has 0 aliphatic rings. The molecule has 0 spiro atoms. The number of hydrogen-bond acceptors (Lipinski definition) is 5. The van der Waals surface area contributed by atoms with Crippen LogP contribution in [0.15, 0.2) is 81.0 Å². The molecule has 4 rings (SSSR count). The van der Waals surface area contributed by atoms with Gasteiger partial charge in [0.15, 0.2) is 9.84 Å². The Bertz CT molecular complexity index is 1460. The molecule has 4 aromatic rings. The molecule has 0 fully saturated rings. The van der Waals surface area contributed by atoms with Gasteiger partial charge in [-0.15, -0.1) is 0 Å². The van der Waals surface area contributed by atoms with Gasteiger partial charge in [0.1, 0.15) is 4.90 Å². The van der Waals surface area contributed by atoms with Crippen LogP contribution in [0.25, 0.3) is 22.2 Å². The maximum absolute atomic E-state index is 12.9. The van der Waals surface area contributed by atoms with Gasteiger partial charge in [-0.2, -0.15) is 5.10 Å². The van der Waals surface area contributed by atoms with Crippen LogP contribution >= 0.6 is 15.9 Å². The number of benzene rings is 3. The first kappa shape index (κ1) is 20.6. The average Bonchev–Trinajstić information content (AvgIpc) is 3.11. The van der Waals surface area contributed by atoms with E-state index in [1.807, 2.05) is 24.3 Å². The molecule has 0 bridgehead atoms. The molecule has 0 saturated heterocycles. The lowest BCUT2D eigenvalue weighted by Crippen LogP contribution is -2.16. The van der Waals surface area contributed by atoms with E-state index in [2.05, 4.69) is 30.8 Å². The Morgan fingerprint density at radius 1 is 0.900 bits per heavy atom. The topological polar surface area (TPSA) is 109 Å². The summed E-state index contributed by atoms with van der Waals surface area (Å²) in [5, 5.41) is 8.00. The highest BCUT2D eigenvalue weighted by molar-refractivity contribution is 9.10. The Kier molecular flexibility index (Phi) is 5.16. The highest BCUT2D eigenvalue weighted by atomic mass is 79.9. The summed E-state index contributed by atoms with van der Waals surface area (Å²) in [5.74, 6) is 0. The Balaban J connectivity index is 1.76. The Labute approximate surface area is 182 Å². The van der Waals surface area contributed by atoms with Crippen molar-refractivity contribution in [2.75, 3.05) is 11.0 Å². The molecule has 0 aliphatic carbocycles.